The SMILES string of the molecule is NCCCS(=O)(=O)NC1CCS(=O)CC1. The third-order valence-electron chi connectivity index (χ3n) is 2.35. The molecule has 0 aromatic carbocycles. The number of nitrogens with one attached hydrogen (secondary N) is 1. The van der Waals surface area contributed by atoms with Gasteiger partial charge in [0.1, 0.15) is 0 Å². The van der Waals surface area contributed by atoms with E-state index >= 15 is 0 Å². The summed E-state index contributed by atoms with van der Waals surface area (Å²) in [4.78, 5) is 0. The van der Waals surface area contributed by atoms with Gasteiger partial charge in [-0.3, -0.25) is 4.21 Å². The Morgan fingerprint density at radius 1 is 1.33 bits per heavy atom. The van der Waals surface area contributed by atoms with Crippen molar-refractivity contribution in [2.75, 3.05) is 23.8 Å². The quantitative estimate of drug-likeness (QED) is 0.670. The van der Waals surface area contributed by atoms with E-state index in [1.54, 1.807) is 0 Å². The van der Waals surface area contributed by atoms with Crippen LogP contribution in [0.15, 0.2) is 0 Å². The van der Waals surface area contributed by atoms with Crippen molar-refractivity contribution in [2.24, 2.45) is 5.73 Å². The van der Waals surface area contributed by atoms with Gasteiger partial charge in [-0.2, -0.15) is 0 Å². The van der Waals surface area contributed by atoms with Crippen LogP contribution < -0.4 is 10.5 Å². The summed E-state index contributed by atoms with van der Waals surface area (Å²) in [7, 11) is -3.94. The van der Waals surface area contributed by atoms with Crippen LogP contribution in [0, 0.1) is 0 Å². The second kappa shape index (κ2) is 5.93. The van der Waals surface area contributed by atoms with Crippen LogP contribution in [0.3, 0.4) is 0 Å². The van der Waals surface area contributed by atoms with Gasteiger partial charge in [0.15, 0.2) is 0 Å². The summed E-state index contributed by atoms with van der Waals surface area (Å²) in [5, 5.41) is 0. The number of nitrogens with two attached hydrogens (primary N) is 1. The Morgan fingerprint density at radius 3 is 2.47 bits per heavy atom. The standard InChI is InChI=1S/C8H18N2O3S2/c9-4-1-7-15(12,13)10-8-2-5-14(11)6-3-8/h8,10H,1-7,9H2. The van der Waals surface area contributed by atoms with Crippen LogP contribution in [0.4, 0.5) is 0 Å². The zero-order chi connectivity index (χ0) is 11.3. The zero-order valence-electron chi connectivity index (χ0n) is 8.65. The first-order valence-corrected chi connectivity index (χ1v) is 8.22. The van der Waals surface area contributed by atoms with Crippen molar-refractivity contribution in [3.05, 3.63) is 0 Å². The molecule has 1 fully saturated rings. The third kappa shape index (κ3) is 5.05. The summed E-state index contributed by atoms with van der Waals surface area (Å²) >= 11 is 0. The van der Waals surface area contributed by atoms with Crippen molar-refractivity contribution in [2.45, 2.75) is 25.3 Å². The predicted octanol–water partition coefficient (Wildman–Crippen LogP) is -0.834. The highest BCUT2D eigenvalue weighted by Gasteiger charge is 2.22. The summed E-state index contributed by atoms with van der Waals surface area (Å²) in [5.74, 6) is 1.29. The molecule has 0 bridgehead atoms. The average molecular weight is 254 g/mol. The van der Waals surface area contributed by atoms with Crippen LogP contribution in [-0.2, 0) is 20.8 Å². The topological polar surface area (TPSA) is 89.3 Å². The molecule has 3 N–H and O–H groups in total. The van der Waals surface area contributed by atoms with Gasteiger partial charge >= 0.3 is 0 Å². The van der Waals surface area contributed by atoms with E-state index in [9.17, 15) is 12.6 Å². The first-order valence-electron chi connectivity index (χ1n) is 5.08. The summed E-state index contributed by atoms with van der Waals surface area (Å²) in [5.41, 5.74) is 5.25. The van der Waals surface area contributed by atoms with Crippen molar-refractivity contribution in [1.29, 1.82) is 0 Å². The van der Waals surface area contributed by atoms with Crippen molar-refractivity contribution in [1.82, 2.24) is 4.72 Å². The van der Waals surface area contributed by atoms with Crippen molar-refractivity contribution >= 4 is 20.8 Å². The molecule has 7 heteroatoms. The molecule has 0 amide bonds. The lowest BCUT2D eigenvalue weighted by molar-refractivity contribution is 0.520. The van der Waals surface area contributed by atoms with Crippen molar-refractivity contribution in [3.63, 3.8) is 0 Å². The van der Waals surface area contributed by atoms with E-state index in [-0.39, 0.29) is 11.8 Å². The maximum absolute atomic E-state index is 11.5. The first-order chi connectivity index (χ1) is 7.03. The predicted molar refractivity (Wildman–Crippen MR) is 61.5 cm³/mol. The lowest BCUT2D eigenvalue weighted by Crippen LogP contribution is -2.40. The molecule has 0 saturated carbocycles. The lowest BCUT2D eigenvalue weighted by Gasteiger charge is -2.22. The molecule has 0 aliphatic carbocycles. The fraction of sp³-hybridized carbons (Fsp3) is 1.00. The number of rotatable bonds is 5. The molecule has 15 heavy (non-hydrogen) atoms. The van der Waals surface area contributed by atoms with E-state index in [1.807, 2.05) is 0 Å². The Morgan fingerprint density at radius 2 is 1.93 bits per heavy atom. The van der Waals surface area contributed by atoms with Crippen molar-refractivity contribution < 1.29 is 12.6 Å². The van der Waals surface area contributed by atoms with Gasteiger partial charge in [0.05, 0.1) is 5.75 Å². The molecule has 90 valence electrons. The van der Waals surface area contributed by atoms with Crippen LogP contribution in [0.5, 0.6) is 0 Å². The van der Waals surface area contributed by atoms with Crippen LogP contribution in [0.1, 0.15) is 19.3 Å². The van der Waals surface area contributed by atoms with Gasteiger partial charge in [0, 0.05) is 28.3 Å². The highest BCUT2D eigenvalue weighted by molar-refractivity contribution is 7.89. The van der Waals surface area contributed by atoms with Crippen LogP contribution in [0.25, 0.3) is 0 Å². The minimum atomic E-state index is -3.19. The molecule has 1 aliphatic rings. The molecule has 1 heterocycles. The van der Waals surface area contributed by atoms with E-state index < -0.39 is 20.8 Å². The van der Waals surface area contributed by atoms with Crippen molar-refractivity contribution in [3.8, 4) is 0 Å². The molecule has 1 saturated heterocycles. The summed E-state index contributed by atoms with van der Waals surface area (Å²) in [6, 6.07) is -0.0366. The Bertz CT molecular complexity index is 306. The fourth-order valence-electron chi connectivity index (χ4n) is 1.50. The molecular formula is C8H18N2O3S2. The largest absolute Gasteiger partial charge is 0.330 e. The van der Waals surface area contributed by atoms with E-state index in [0.29, 0.717) is 37.3 Å². The zero-order valence-corrected chi connectivity index (χ0v) is 10.3. The Hall–Kier alpha value is 0.0200. The van der Waals surface area contributed by atoms with E-state index in [0.717, 1.165) is 0 Å². The molecule has 0 radical (unpaired) electrons. The molecule has 0 aromatic heterocycles. The minimum absolute atomic E-state index is 0.0366. The third-order valence-corrected chi connectivity index (χ3v) is 5.25. The summed E-state index contributed by atoms with van der Waals surface area (Å²) in [6.45, 7) is 0.385. The Kier molecular flexibility index (Phi) is 5.17. The average Bonchev–Trinajstić information content (AvgIpc) is 2.18. The lowest BCUT2D eigenvalue weighted by atomic mass is 10.2. The van der Waals surface area contributed by atoms with Gasteiger partial charge in [-0.15, -0.1) is 0 Å². The van der Waals surface area contributed by atoms with E-state index in [4.69, 9.17) is 5.73 Å². The maximum atomic E-state index is 11.5. The smallest absolute Gasteiger partial charge is 0.211 e. The molecule has 0 atom stereocenters. The van der Waals surface area contributed by atoms with E-state index in [2.05, 4.69) is 4.72 Å². The van der Waals surface area contributed by atoms with Gasteiger partial charge in [-0.25, -0.2) is 13.1 Å². The highest BCUT2D eigenvalue weighted by Crippen LogP contribution is 2.10. The molecule has 5 nitrogen and oxygen atoms in total. The second-order valence-corrected chi connectivity index (χ2v) is 7.27. The van der Waals surface area contributed by atoms with Gasteiger partial charge in [0.2, 0.25) is 10.0 Å². The van der Waals surface area contributed by atoms with Gasteiger partial charge in [-0.1, -0.05) is 0 Å². The Labute approximate surface area is 93.3 Å². The fourth-order valence-corrected chi connectivity index (χ4v) is 4.20. The molecule has 0 aromatic rings. The van der Waals surface area contributed by atoms with Crippen LogP contribution in [0.2, 0.25) is 0 Å². The van der Waals surface area contributed by atoms with Gasteiger partial charge in [-0.05, 0) is 25.8 Å². The summed E-state index contributed by atoms with van der Waals surface area (Å²) in [6.07, 6.45) is 1.83. The number of sulfonamides is 1. The second-order valence-electron chi connectivity index (χ2n) is 3.70. The minimum Gasteiger partial charge on any atom is -0.330 e. The Balaban J connectivity index is 2.37. The molecule has 0 unspecified atom stereocenters. The molecule has 1 aliphatic heterocycles. The van der Waals surface area contributed by atoms with Gasteiger partial charge < -0.3 is 5.73 Å². The monoisotopic (exact) mass is 254 g/mol. The number of hydrogen-bond donors (Lipinski definition) is 2. The van der Waals surface area contributed by atoms with Crippen LogP contribution >= 0.6 is 0 Å². The normalized spacial score (nSPS) is 27.8. The van der Waals surface area contributed by atoms with Crippen LogP contribution in [-0.4, -0.2) is 42.5 Å². The molecule has 0 spiro atoms. The van der Waals surface area contributed by atoms with Gasteiger partial charge in [0.25, 0.3) is 0 Å². The first kappa shape index (κ1) is 13.1. The highest BCUT2D eigenvalue weighted by atomic mass is 32.2. The molecular weight excluding hydrogens is 236 g/mol. The maximum Gasteiger partial charge on any atom is 0.211 e. The van der Waals surface area contributed by atoms with E-state index in [1.165, 1.54) is 0 Å². The summed E-state index contributed by atoms with van der Waals surface area (Å²) < 4.78 is 36.7. The number of hydrogen-bond acceptors (Lipinski definition) is 4. The molecule has 1 rings (SSSR count).